The van der Waals surface area contributed by atoms with Crippen LogP contribution in [0.4, 0.5) is 17.1 Å². The van der Waals surface area contributed by atoms with Crippen molar-refractivity contribution in [2.75, 3.05) is 21.6 Å². The highest BCUT2D eigenvalue weighted by Gasteiger charge is 2.16. The standard InChI is InChI=1S/C25H26ClN3O4S/c1-25(2,3)17-10-8-16(9-11-17)23(30)27-18-6-5-7-19(14-18)28-24(31)21-15-20(12-13-22(21)26)29-34(4,32)33/h5-15,29H,1-4H3,(H,27,30)(H,28,31). The molecule has 0 aromatic heterocycles. The molecule has 0 aliphatic heterocycles. The summed E-state index contributed by atoms with van der Waals surface area (Å²) < 4.78 is 25.2. The Morgan fingerprint density at radius 1 is 0.794 bits per heavy atom. The first-order valence-electron chi connectivity index (χ1n) is 10.4. The van der Waals surface area contributed by atoms with Gasteiger partial charge in [0, 0.05) is 22.6 Å². The third-order valence-electron chi connectivity index (χ3n) is 4.91. The minimum Gasteiger partial charge on any atom is -0.322 e. The molecule has 0 saturated heterocycles. The first-order valence-corrected chi connectivity index (χ1v) is 12.7. The number of halogens is 1. The van der Waals surface area contributed by atoms with Crippen LogP contribution in [0.2, 0.25) is 5.02 Å². The highest BCUT2D eigenvalue weighted by atomic mass is 35.5. The second-order valence-electron chi connectivity index (χ2n) is 8.89. The summed E-state index contributed by atoms with van der Waals surface area (Å²) in [5.41, 5.74) is 2.89. The molecule has 3 N–H and O–H groups in total. The van der Waals surface area contributed by atoms with Crippen molar-refractivity contribution in [1.29, 1.82) is 0 Å². The Labute approximate surface area is 204 Å². The van der Waals surface area contributed by atoms with Crippen LogP contribution in [0.1, 0.15) is 47.1 Å². The molecule has 0 unspecified atom stereocenters. The molecule has 0 aliphatic carbocycles. The van der Waals surface area contributed by atoms with Gasteiger partial charge in [-0.3, -0.25) is 14.3 Å². The molecule has 0 fully saturated rings. The molecule has 7 nitrogen and oxygen atoms in total. The number of nitrogens with one attached hydrogen (secondary N) is 3. The van der Waals surface area contributed by atoms with Crippen LogP contribution in [-0.2, 0) is 15.4 Å². The maximum atomic E-state index is 12.8. The van der Waals surface area contributed by atoms with Crippen molar-refractivity contribution >= 4 is 50.5 Å². The number of sulfonamides is 1. The van der Waals surface area contributed by atoms with Crippen LogP contribution >= 0.6 is 11.6 Å². The maximum Gasteiger partial charge on any atom is 0.257 e. The average molecular weight is 500 g/mol. The molecule has 0 spiro atoms. The maximum absolute atomic E-state index is 12.8. The van der Waals surface area contributed by atoms with Crippen LogP contribution in [-0.4, -0.2) is 26.5 Å². The molecule has 0 atom stereocenters. The van der Waals surface area contributed by atoms with E-state index in [-0.39, 0.29) is 27.6 Å². The number of anilines is 3. The SMILES string of the molecule is CC(C)(C)c1ccc(C(=O)Nc2cccc(NC(=O)c3cc(NS(C)(=O)=O)ccc3Cl)c2)cc1. The zero-order chi connectivity index (χ0) is 25.1. The molecule has 0 heterocycles. The van der Waals surface area contributed by atoms with Gasteiger partial charge in [-0.25, -0.2) is 8.42 Å². The zero-order valence-corrected chi connectivity index (χ0v) is 20.8. The van der Waals surface area contributed by atoms with Crippen LogP contribution in [0.25, 0.3) is 0 Å². The Morgan fingerprint density at radius 2 is 1.38 bits per heavy atom. The van der Waals surface area contributed by atoms with Gasteiger partial charge in [-0.05, 0) is 59.5 Å². The lowest BCUT2D eigenvalue weighted by Crippen LogP contribution is -2.16. The van der Waals surface area contributed by atoms with E-state index >= 15 is 0 Å². The fourth-order valence-electron chi connectivity index (χ4n) is 3.17. The number of amides is 2. The van der Waals surface area contributed by atoms with Crippen molar-refractivity contribution in [3.05, 3.63) is 88.4 Å². The van der Waals surface area contributed by atoms with Gasteiger partial charge in [-0.2, -0.15) is 0 Å². The molecule has 2 amide bonds. The Balaban J connectivity index is 1.73. The van der Waals surface area contributed by atoms with E-state index in [1.807, 2.05) is 12.1 Å². The summed E-state index contributed by atoms with van der Waals surface area (Å²) in [5, 5.41) is 5.70. The molecular formula is C25H26ClN3O4S. The number of rotatable bonds is 6. The summed E-state index contributed by atoms with van der Waals surface area (Å²) in [4.78, 5) is 25.4. The van der Waals surface area contributed by atoms with Crippen LogP contribution in [0.15, 0.2) is 66.7 Å². The van der Waals surface area contributed by atoms with E-state index in [0.29, 0.717) is 16.9 Å². The van der Waals surface area contributed by atoms with E-state index in [0.717, 1.165) is 11.8 Å². The smallest absolute Gasteiger partial charge is 0.257 e. The van der Waals surface area contributed by atoms with Gasteiger partial charge in [-0.1, -0.05) is 50.6 Å². The number of hydrogen-bond donors (Lipinski definition) is 3. The molecule has 0 bridgehead atoms. The largest absolute Gasteiger partial charge is 0.322 e. The first kappa shape index (κ1) is 25.3. The molecule has 3 aromatic carbocycles. The summed E-state index contributed by atoms with van der Waals surface area (Å²) in [7, 11) is -3.51. The van der Waals surface area contributed by atoms with E-state index < -0.39 is 15.9 Å². The van der Waals surface area contributed by atoms with Crippen molar-refractivity contribution in [3.63, 3.8) is 0 Å². The summed E-state index contributed by atoms with van der Waals surface area (Å²) >= 11 is 6.14. The van der Waals surface area contributed by atoms with E-state index in [4.69, 9.17) is 11.6 Å². The highest BCUT2D eigenvalue weighted by molar-refractivity contribution is 7.92. The van der Waals surface area contributed by atoms with E-state index in [2.05, 4.69) is 36.1 Å². The van der Waals surface area contributed by atoms with Gasteiger partial charge < -0.3 is 10.6 Å². The number of carbonyl (C=O) groups excluding carboxylic acids is 2. The minimum absolute atomic E-state index is 0.00911. The van der Waals surface area contributed by atoms with Gasteiger partial charge in [0.15, 0.2) is 0 Å². The van der Waals surface area contributed by atoms with Crippen LogP contribution in [0, 0.1) is 0 Å². The average Bonchev–Trinajstić information content (AvgIpc) is 2.74. The minimum atomic E-state index is -3.51. The third kappa shape index (κ3) is 6.82. The lowest BCUT2D eigenvalue weighted by molar-refractivity contribution is 0.101. The predicted octanol–water partition coefficient (Wildman–Crippen LogP) is 5.51. The summed E-state index contributed by atoms with van der Waals surface area (Å²) in [6, 6.07) is 18.4. The molecule has 9 heteroatoms. The fraction of sp³-hybridized carbons (Fsp3) is 0.200. The van der Waals surface area contributed by atoms with Crippen LogP contribution in [0.3, 0.4) is 0 Å². The molecule has 0 radical (unpaired) electrons. The molecule has 0 aliphatic rings. The van der Waals surface area contributed by atoms with Gasteiger partial charge in [0.25, 0.3) is 11.8 Å². The van der Waals surface area contributed by atoms with E-state index in [1.165, 1.54) is 18.2 Å². The predicted molar refractivity (Wildman–Crippen MR) is 137 cm³/mol. The number of hydrogen-bond acceptors (Lipinski definition) is 4. The topological polar surface area (TPSA) is 104 Å². The lowest BCUT2D eigenvalue weighted by atomic mass is 9.87. The fourth-order valence-corrected chi connectivity index (χ4v) is 3.93. The monoisotopic (exact) mass is 499 g/mol. The van der Waals surface area contributed by atoms with Crippen molar-refractivity contribution in [2.45, 2.75) is 26.2 Å². The van der Waals surface area contributed by atoms with Gasteiger partial charge in [0.05, 0.1) is 16.8 Å². The molecule has 0 saturated carbocycles. The molecule has 3 rings (SSSR count). The van der Waals surface area contributed by atoms with Gasteiger partial charge >= 0.3 is 0 Å². The normalized spacial score (nSPS) is 11.6. The second kappa shape index (κ2) is 9.87. The van der Waals surface area contributed by atoms with E-state index in [9.17, 15) is 18.0 Å². The van der Waals surface area contributed by atoms with Gasteiger partial charge in [0.2, 0.25) is 10.0 Å². The Kier molecular flexibility index (Phi) is 7.33. The molecule has 3 aromatic rings. The summed E-state index contributed by atoms with van der Waals surface area (Å²) in [6.07, 6.45) is 1.01. The van der Waals surface area contributed by atoms with Gasteiger partial charge in [-0.15, -0.1) is 0 Å². The number of benzene rings is 3. The number of carbonyl (C=O) groups is 2. The summed E-state index contributed by atoms with van der Waals surface area (Å²) in [5.74, 6) is -0.796. The van der Waals surface area contributed by atoms with Crippen LogP contribution < -0.4 is 15.4 Å². The highest BCUT2D eigenvalue weighted by Crippen LogP contribution is 2.25. The van der Waals surface area contributed by atoms with Crippen molar-refractivity contribution in [3.8, 4) is 0 Å². The third-order valence-corrected chi connectivity index (χ3v) is 5.84. The molecular weight excluding hydrogens is 474 g/mol. The van der Waals surface area contributed by atoms with Crippen molar-refractivity contribution in [2.24, 2.45) is 0 Å². The second-order valence-corrected chi connectivity index (χ2v) is 11.0. The Bertz CT molecular complexity index is 1330. The van der Waals surface area contributed by atoms with E-state index in [1.54, 1.807) is 36.4 Å². The van der Waals surface area contributed by atoms with Crippen molar-refractivity contribution < 1.29 is 18.0 Å². The van der Waals surface area contributed by atoms with Crippen molar-refractivity contribution in [1.82, 2.24) is 0 Å². The zero-order valence-electron chi connectivity index (χ0n) is 19.3. The quantitative estimate of drug-likeness (QED) is 0.415. The lowest BCUT2D eigenvalue weighted by Gasteiger charge is -2.19. The molecule has 34 heavy (non-hydrogen) atoms. The van der Waals surface area contributed by atoms with Gasteiger partial charge in [0.1, 0.15) is 0 Å². The Morgan fingerprint density at radius 3 is 1.94 bits per heavy atom. The Hall–Kier alpha value is -3.36. The first-order chi connectivity index (χ1) is 15.8. The summed E-state index contributed by atoms with van der Waals surface area (Å²) in [6.45, 7) is 6.31. The van der Waals surface area contributed by atoms with Crippen LogP contribution in [0.5, 0.6) is 0 Å². The molecule has 178 valence electrons.